The Kier molecular flexibility index (Phi) is 3.91. The zero-order chi connectivity index (χ0) is 15.7. The molecule has 0 aliphatic carbocycles. The molecule has 0 spiro atoms. The Hall–Kier alpha value is -2.25. The lowest BCUT2D eigenvalue weighted by Gasteiger charge is -2.31. The van der Waals surface area contributed by atoms with Crippen molar-refractivity contribution in [3.05, 3.63) is 39.9 Å². The Labute approximate surface area is 127 Å². The fraction of sp³-hybridized carbons (Fsp3) is 0.400. The summed E-state index contributed by atoms with van der Waals surface area (Å²) >= 11 is 0. The highest BCUT2D eigenvalue weighted by atomic mass is 16.4. The van der Waals surface area contributed by atoms with Crippen LogP contribution in [-0.2, 0) is 6.54 Å². The minimum atomic E-state index is -1.02. The van der Waals surface area contributed by atoms with Crippen molar-refractivity contribution in [1.82, 2.24) is 19.8 Å². The first-order valence-electron chi connectivity index (χ1n) is 7.20. The van der Waals surface area contributed by atoms with E-state index in [4.69, 9.17) is 5.11 Å². The number of nitrogens with zero attached hydrogens (tertiary/aromatic N) is 3. The van der Waals surface area contributed by atoms with Crippen LogP contribution < -0.4 is 5.56 Å². The van der Waals surface area contributed by atoms with E-state index in [2.05, 4.69) is 26.8 Å². The summed E-state index contributed by atoms with van der Waals surface area (Å²) in [6.45, 7) is 4.39. The molecule has 7 nitrogen and oxygen atoms in total. The normalized spacial score (nSPS) is 17.0. The lowest BCUT2D eigenvalue weighted by molar-refractivity contribution is 0.0697. The second-order valence-corrected chi connectivity index (χ2v) is 5.63. The minimum absolute atomic E-state index is 0.135. The van der Waals surface area contributed by atoms with E-state index in [9.17, 15) is 9.59 Å². The molecule has 0 atom stereocenters. The third kappa shape index (κ3) is 3.00. The number of piperazine rings is 1. The van der Waals surface area contributed by atoms with Crippen LogP contribution in [0.5, 0.6) is 0 Å². The van der Waals surface area contributed by atoms with Crippen LogP contribution in [0.1, 0.15) is 16.2 Å². The topological polar surface area (TPSA) is 89.5 Å². The van der Waals surface area contributed by atoms with Crippen molar-refractivity contribution in [2.45, 2.75) is 6.54 Å². The number of carbonyl (C=O) groups is 1. The van der Waals surface area contributed by atoms with Gasteiger partial charge in [0.25, 0.3) is 5.56 Å². The summed E-state index contributed by atoms with van der Waals surface area (Å²) in [6, 6.07) is 4.37. The molecule has 2 aromatic rings. The number of aromatic amines is 1. The van der Waals surface area contributed by atoms with Crippen molar-refractivity contribution in [3.8, 4) is 0 Å². The van der Waals surface area contributed by atoms with E-state index in [0.717, 1.165) is 26.2 Å². The van der Waals surface area contributed by atoms with Crippen LogP contribution in [-0.4, -0.2) is 64.1 Å². The van der Waals surface area contributed by atoms with E-state index in [0.29, 0.717) is 23.3 Å². The molecule has 22 heavy (non-hydrogen) atoms. The highest BCUT2D eigenvalue weighted by Crippen LogP contribution is 2.12. The molecular weight excluding hydrogens is 284 g/mol. The molecule has 0 saturated carbocycles. The Balaban J connectivity index is 1.90. The van der Waals surface area contributed by atoms with Crippen molar-refractivity contribution in [3.63, 3.8) is 0 Å². The van der Waals surface area contributed by atoms with E-state index in [1.807, 2.05) is 0 Å². The summed E-state index contributed by atoms with van der Waals surface area (Å²) in [5, 5.41) is 9.45. The molecular formula is C15H18N4O3. The van der Waals surface area contributed by atoms with Gasteiger partial charge in [-0.25, -0.2) is 9.78 Å². The Bertz CT molecular complexity index is 763. The second-order valence-electron chi connectivity index (χ2n) is 5.63. The Morgan fingerprint density at radius 2 is 2.05 bits per heavy atom. The molecule has 7 heteroatoms. The number of rotatable bonds is 3. The molecule has 0 amide bonds. The molecule has 0 radical (unpaired) electrons. The number of H-pyrrole nitrogens is 1. The molecule has 0 unspecified atom stereocenters. The van der Waals surface area contributed by atoms with Crippen molar-refractivity contribution in [2.24, 2.45) is 0 Å². The highest BCUT2D eigenvalue weighted by Gasteiger charge is 2.15. The van der Waals surface area contributed by atoms with Crippen molar-refractivity contribution < 1.29 is 9.90 Å². The third-order valence-electron chi connectivity index (χ3n) is 3.97. The largest absolute Gasteiger partial charge is 0.478 e. The number of aromatic carboxylic acids is 1. The summed E-state index contributed by atoms with van der Waals surface area (Å²) in [4.78, 5) is 34.8. The van der Waals surface area contributed by atoms with Gasteiger partial charge in [-0.15, -0.1) is 0 Å². The monoisotopic (exact) mass is 302 g/mol. The molecule has 1 aliphatic rings. The molecule has 1 aromatic carbocycles. The van der Waals surface area contributed by atoms with Crippen LogP contribution in [0.4, 0.5) is 0 Å². The Morgan fingerprint density at radius 3 is 2.73 bits per heavy atom. The first kappa shape index (κ1) is 14.7. The van der Waals surface area contributed by atoms with Gasteiger partial charge in [0, 0.05) is 26.2 Å². The summed E-state index contributed by atoms with van der Waals surface area (Å²) < 4.78 is 0. The molecule has 1 aromatic heterocycles. The Morgan fingerprint density at radius 1 is 1.32 bits per heavy atom. The second kappa shape index (κ2) is 5.86. The smallest absolute Gasteiger partial charge is 0.335 e. The number of fused-ring (bicyclic) bond motifs is 1. The van der Waals surface area contributed by atoms with Crippen LogP contribution in [0.15, 0.2) is 23.0 Å². The molecule has 2 heterocycles. The van der Waals surface area contributed by atoms with Crippen LogP contribution >= 0.6 is 0 Å². The standard InChI is InChI=1S/C15H18N4O3/c1-18-4-6-19(7-5-18)9-13-16-12-8-10(15(21)22)2-3-11(12)14(20)17-13/h2-3,8H,4-7,9H2,1H3,(H,21,22)(H,16,17,20). The molecule has 0 bridgehead atoms. The van der Waals surface area contributed by atoms with Crippen LogP contribution in [0.3, 0.4) is 0 Å². The number of hydrogen-bond acceptors (Lipinski definition) is 5. The van der Waals surface area contributed by atoms with Gasteiger partial charge >= 0.3 is 5.97 Å². The number of nitrogens with one attached hydrogen (secondary N) is 1. The van der Waals surface area contributed by atoms with E-state index in [1.54, 1.807) is 0 Å². The van der Waals surface area contributed by atoms with Gasteiger partial charge in [-0.05, 0) is 25.2 Å². The minimum Gasteiger partial charge on any atom is -0.478 e. The first-order chi connectivity index (χ1) is 10.5. The van der Waals surface area contributed by atoms with Crippen LogP contribution in [0.2, 0.25) is 0 Å². The third-order valence-corrected chi connectivity index (χ3v) is 3.97. The SMILES string of the molecule is CN1CCN(Cc2nc3cc(C(=O)O)ccc3c(=O)[nH]2)CC1. The zero-order valence-corrected chi connectivity index (χ0v) is 12.4. The quantitative estimate of drug-likeness (QED) is 0.851. The van der Waals surface area contributed by atoms with Gasteiger partial charge in [-0.1, -0.05) is 0 Å². The van der Waals surface area contributed by atoms with Crippen molar-refractivity contribution >= 4 is 16.9 Å². The van der Waals surface area contributed by atoms with E-state index < -0.39 is 5.97 Å². The summed E-state index contributed by atoms with van der Waals surface area (Å²) in [6.07, 6.45) is 0. The fourth-order valence-corrected chi connectivity index (χ4v) is 2.61. The lowest BCUT2D eigenvalue weighted by atomic mass is 10.1. The van der Waals surface area contributed by atoms with Gasteiger partial charge in [0.05, 0.1) is 23.0 Å². The maximum absolute atomic E-state index is 12.1. The lowest BCUT2D eigenvalue weighted by Crippen LogP contribution is -2.44. The van der Waals surface area contributed by atoms with Crippen molar-refractivity contribution in [1.29, 1.82) is 0 Å². The van der Waals surface area contributed by atoms with Crippen LogP contribution in [0, 0.1) is 0 Å². The van der Waals surface area contributed by atoms with Crippen molar-refractivity contribution in [2.75, 3.05) is 33.2 Å². The van der Waals surface area contributed by atoms with Gasteiger partial charge in [-0.2, -0.15) is 0 Å². The molecule has 116 valence electrons. The highest BCUT2D eigenvalue weighted by molar-refractivity contribution is 5.92. The number of hydrogen-bond donors (Lipinski definition) is 2. The van der Waals surface area contributed by atoms with E-state index >= 15 is 0 Å². The van der Waals surface area contributed by atoms with E-state index in [-0.39, 0.29) is 11.1 Å². The van der Waals surface area contributed by atoms with Gasteiger partial charge in [-0.3, -0.25) is 9.69 Å². The van der Waals surface area contributed by atoms with Gasteiger partial charge in [0.2, 0.25) is 0 Å². The van der Waals surface area contributed by atoms with Gasteiger partial charge in [0.15, 0.2) is 0 Å². The first-order valence-corrected chi connectivity index (χ1v) is 7.20. The number of carboxylic acids is 1. The predicted molar refractivity (Wildman–Crippen MR) is 82.1 cm³/mol. The number of benzene rings is 1. The van der Waals surface area contributed by atoms with E-state index in [1.165, 1.54) is 18.2 Å². The zero-order valence-electron chi connectivity index (χ0n) is 12.4. The average Bonchev–Trinajstić information content (AvgIpc) is 2.49. The van der Waals surface area contributed by atoms with Gasteiger partial charge < -0.3 is 15.0 Å². The molecule has 3 rings (SSSR count). The predicted octanol–water partition coefficient (Wildman–Crippen LogP) is 0.369. The maximum Gasteiger partial charge on any atom is 0.335 e. The fourth-order valence-electron chi connectivity index (χ4n) is 2.61. The number of aromatic nitrogens is 2. The van der Waals surface area contributed by atoms with Crippen LogP contribution in [0.25, 0.3) is 10.9 Å². The molecule has 2 N–H and O–H groups in total. The number of likely N-dealkylation sites (N-methyl/N-ethyl adjacent to an activating group) is 1. The number of carboxylic acid groups (broad SMARTS) is 1. The average molecular weight is 302 g/mol. The molecule has 1 saturated heterocycles. The summed E-state index contributed by atoms with van der Waals surface area (Å²) in [7, 11) is 2.08. The maximum atomic E-state index is 12.1. The summed E-state index contributed by atoms with van der Waals surface area (Å²) in [5.41, 5.74) is 0.329. The molecule has 1 fully saturated rings. The van der Waals surface area contributed by atoms with Gasteiger partial charge in [0.1, 0.15) is 5.82 Å². The molecule has 1 aliphatic heterocycles. The summed E-state index contributed by atoms with van der Waals surface area (Å²) in [5.74, 6) is -0.450.